The van der Waals surface area contributed by atoms with Crippen molar-refractivity contribution in [2.45, 2.75) is 25.0 Å². The van der Waals surface area contributed by atoms with Gasteiger partial charge in [0.05, 0.1) is 12.2 Å². The predicted octanol–water partition coefficient (Wildman–Crippen LogP) is 1.17. The second-order valence-corrected chi connectivity index (χ2v) is 3.06. The molecule has 2 atom stereocenters. The Morgan fingerprint density at radius 1 is 1.42 bits per heavy atom. The average Bonchev–Trinajstić information content (AvgIpc) is 2.00. The lowest BCUT2D eigenvalue weighted by Crippen LogP contribution is -2.26. The fraction of sp³-hybridized carbons (Fsp3) is 0.400. The van der Waals surface area contributed by atoms with Gasteiger partial charge in [0.25, 0.3) is 0 Å². The minimum absolute atomic E-state index is 0.396. The minimum atomic E-state index is -0.597. The fourth-order valence-electron chi connectivity index (χ4n) is 1.40. The molecular formula is C10H14O2. The lowest BCUT2D eigenvalue weighted by molar-refractivity contribution is 0.0862. The van der Waals surface area contributed by atoms with E-state index >= 15 is 0 Å². The van der Waals surface area contributed by atoms with E-state index in [0.717, 1.165) is 5.57 Å². The van der Waals surface area contributed by atoms with Crippen LogP contribution in [0.3, 0.4) is 0 Å². The topological polar surface area (TPSA) is 40.5 Å². The Hall–Kier alpha value is -0.860. The SMILES string of the molecule is C=C/C=C1/CC(O)CC(O)C1=C. The Balaban J connectivity index is 2.79. The highest BCUT2D eigenvalue weighted by Crippen LogP contribution is 2.27. The van der Waals surface area contributed by atoms with Gasteiger partial charge >= 0.3 is 0 Å². The van der Waals surface area contributed by atoms with Gasteiger partial charge in [0, 0.05) is 6.42 Å². The van der Waals surface area contributed by atoms with Gasteiger partial charge in [0.1, 0.15) is 0 Å². The van der Waals surface area contributed by atoms with Gasteiger partial charge in [-0.1, -0.05) is 25.3 Å². The molecule has 0 heterocycles. The number of hydrogen-bond donors (Lipinski definition) is 2. The summed E-state index contributed by atoms with van der Waals surface area (Å²) in [6.45, 7) is 7.31. The van der Waals surface area contributed by atoms with E-state index in [-0.39, 0.29) is 0 Å². The molecule has 0 aromatic heterocycles. The minimum Gasteiger partial charge on any atom is -0.393 e. The largest absolute Gasteiger partial charge is 0.393 e. The van der Waals surface area contributed by atoms with Crippen LogP contribution in [-0.2, 0) is 0 Å². The van der Waals surface area contributed by atoms with Crippen LogP contribution >= 0.6 is 0 Å². The summed E-state index contributed by atoms with van der Waals surface area (Å²) in [6.07, 6.45) is 3.35. The molecule has 2 N–H and O–H groups in total. The van der Waals surface area contributed by atoms with E-state index < -0.39 is 12.2 Å². The normalized spacial score (nSPS) is 33.8. The van der Waals surface area contributed by atoms with Crippen LogP contribution in [0.4, 0.5) is 0 Å². The predicted molar refractivity (Wildman–Crippen MR) is 48.7 cm³/mol. The molecule has 12 heavy (non-hydrogen) atoms. The molecule has 2 heteroatoms. The smallest absolute Gasteiger partial charge is 0.0811 e. The zero-order chi connectivity index (χ0) is 9.14. The summed E-state index contributed by atoms with van der Waals surface area (Å²) < 4.78 is 0. The first-order chi connectivity index (χ1) is 5.65. The van der Waals surface area contributed by atoms with E-state index in [1.54, 1.807) is 12.2 Å². The molecule has 1 fully saturated rings. The van der Waals surface area contributed by atoms with E-state index in [2.05, 4.69) is 13.2 Å². The van der Waals surface area contributed by atoms with Crippen molar-refractivity contribution in [3.63, 3.8) is 0 Å². The van der Waals surface area contributed by atoms with Gasteiger partial charge in [0.15, 0.2) is 0 Å². The molecule has 0 radical (unpaired) electrons. The number of hydrogen-bond acceptors (Lipinski definition) is 2. The summed E-state index contributed by atoms with van der Waals surface area (Å²) in [7, 11) is 0. The molecule has 1 rings (SSSR count). The molecule has 0 saturated heterocycles. The summed E-state index contributed by atoms with van der Waals surface area (Å²) in [5.41, 5.74) is 1.61. The second-order valence-electron chi connectivity index (χ2n) is 3.06. The molecule has 0 spiro atoms. The van der Waals surface area contributed by atoms with Crippen molar-refractivity contribution in [1.82, 2.24) is 0 Å². The molecule has 2 nitrogen and oxygen atoms in total. The maximum absolute atomic E-state index is 9.41. The van der Waals surface area contributed by atoms with Crippen LogP contribution < -0.4 is 0 Å². The zero-order valence-electron chi connectivity index (χ0n) is 7.03. The van der Waals surface area contributed by atoms with Crippen LogP contribution in [-0.4, -0.2) is 22.4 Å². The van der Waals surface area contributed by atoms with Gasteiger partial charge in [-0.3, -0.25) is 0 Å². The van der Waals surface area contributed by atoms with Crippen LogP contribution in [0.1, 0.15) is 12.8 Å². The molecule has 0 aromatic rings. The highest BCUT2D eigenvalue weighted by atomic mass is 16.3. The van der Waals surface area contributed by atoms with Crippen LogP contribution in [0.2, 0.25) is 0 Å². The zero-order valence-corrected chi connectivity index (χ0v) is 7.03. The molecule has 1 aliphatic carbocycles. The first-order valence-electron chi connectivity index (χ1n) is 4.02. The maximum Gasteiger partial charge on any atom is 0.0811 e. The first kappa shape index (κ1) is 9.23. The van der Waals surface area contributed by atoms with E-state index in [1.807, 2.05) is 0 Å². The van der Waals surface area contributed by atoms with Gasteiger partial charge < -0.3 is 10.2 Å². The lowest BCUT2D eigenvalue weighted by atomic mass is 9.86. The second kappa shape index (κ2) is 3.70. The molecule has 1 aliphatic rings. The third kappa shape index (κ3) is 1.84. The number of aliphatic hydroxyl groups excluding tert-OH is 2. The van der Waals surface area contributed by atoms with Crippen molar-refractivity contribution in [3.8, 4) is 0 Å². The van der Waals surface area contributed by atoms with Gasteiger partial charge in [-0.05, 0) is 17.6 Å². The highest BCUT2D eigenvalue weighted by molar-refractivity contribution is 5.36. The van der Waals surface area contributed by atoms with Gasteiger partial charge in [-0.15, -0.1) is 0 Å². The molecule has 2 unspecified atom stereocenters. The quantitative estimate of drug-likeness (QED) is 0.614. The molecular weight excluding hydrogens is 152 g/mol. The fourth-order valence-corrected chi connectivity index (χ4v) is 1.40. The summed E-state index contributed by atoms with van der Waals surface area (Å²) in [5.74, 6) is 0. The Kier molecular flexibility index (Phi) is 2.84. The standard InChI is InChI=1S/C10H14O2/c1-3-4-8-5-9(11)6-10(12)7(8)2/h3-4,9-12H,1-2,5-6H2/b8-4-. The molecule has 0 aromatic carbocycles. The number of rotatable bonds is 1. The molecule has 0 aliphatic heterocycles. The van der Waals surface area contributed by atoms with Crippen molar-refractivity contribution >= 4 is 0 Å². The molecule has 1 saturated carbocycles. The maximum atomic E-state index is 9.41. The van der Waals surface area contributed by atoms with Crippen molar-refractivity contribution in [2.24, 2.45) is 0 Å². The molecule has 0 amide bonds. The Labute approximate surface area is 72.5 Å². The molecule has 0 bridgehead atoms. The van der Waals surface area contributed by atoms with E-state index in [0.29, 0.717) is 18.4 Å². The third-order valence-corrected chi connectivity index (χ3v) is 2.08. The highest BCUT2D eigenvalue weighted by Gasteiger charge is 2.24. The molecule has 66 valence electrons. The van der Waals surface area contributed by atoms with Crippen LogP contribution in [0.5, 0.6) is 0 Å². The van der Waals surface area contributed by atoms with Gasteiger partial charge in [-0.25, -0.2) is 0 Å². The van der Waals surface area contributed by atoms with Crippen molar-refractivity contribution < 1.29 is 10.2 Å². The summed E-state index contributed by atoms with van der Waals surface area (Å²) >= 11 is 0. The van der Waals surface area contributed by atoms with Gasteiger partial charge in [-0.2, -0.15) is 0 Å². The van der Waals surface area contributed by atoms with Crippen LogP contribution in [0, 0.1) is 0 Å². The van der Waals surface area contributed by atoms with E-state index in [9.17, 15) is 10.2 Å². The monoisotopic (exact) mass is 166 g/mol. The summed E-state index contributed by atoms with van der Waals surface area (Å²) in [4.78, 5) is 0. The van der Waals surface area contributed by atoms with Crippen LogP contribution in [0.15, 0.2) is 36.5 Å². The van der Waals surface area contributed by atoms with Crippen LogP contribution in [0.25, 0.3) is 0 Å². The average molecular weight is 166 g/mol. The van der Waals surface area contributed by atoms with Gasteiger partial charge in [0.2, 0.25) is 0 Å². The Morgan fingerprint density at radius 2 is 2.08 bits per heavy atom. The van der Waals surface area contributed by atoms with Crippen molar-refractivity contribution in [1.29, 1.82) is 0 Å². The third-order valence-electron chi connectivity index (χ3n) is 2.08. The van der Waals surface area contributed by atoms with Crippen molar-refractivity contribution in [2.75, 3.05) is 0 Å². The summed E-state index contributed by atoms with van der Waals surface area (Å²) in [5, 5.41) is 18.7. The van der Waals surface area contributed by atoms with E-state index in [4.69, 9.17) is 0 Å². The van der Waals surface area contributed by atoms with E-state index in [1.165, 1.54) is 0 Å². The number of aliphatic hydroxyl groups is 2. The van der Waals surface area contributed by atoms with Crippen molar-refractivity contribution in [3.05, 3.63) is 36.5 Å². The Bertz CT molecular complexity index is 228. The first-order valence-corrected chi connectivity index (χ1v) is 4.02. The Morgan fingerprint density at radius 3 is 2.67 bits per heavy atom. The number of allylic oxidation sites excluding steroid dienone is 2. The summed E-state index contributed by atoms with van der Waals surface area (Å²) in [6, 6.07) is 0. The lowest BCUT2D eigenvalue weighted by Gasteiger charge is -2.26.